The minimum Gasteiger partial charge on any atom is -0.422 e. The Labute approximate surface area is 164 Å². The molecule has 0 aliphatic carbocycles. The number of benzene rings is 2. The van der Waals surface area contributed by atoms with Crippen molar-refractivity contribution in [2.24, 2.45) is 0 Å². The van der Waals surface area contributed by atoms with Gasteiger partial charge in [-0.3, -0.25) is 10.1 Å². The third kappa shape index (κ3) is 4.08. The van der Waals surface area contributed by atoms with Crippen LogP contribution in [0.3, 0.4) is 0 Å². The number of nitrogens with zero attached hydrogens (tertiary/aromatic N) is 2. The Balaban J connectivity index is 2.05. The Hall–Kier alpha value is -3.75. The average Bonchev–Trinajstić information content (AvgIpc) is 2.66. The van der Waals surface area contributed by atoms with Gasteiger partial charge in [0, 0.05) is 49.7 Å². The summed E-state index contributed by atoms with van der Waals surface area (Å²) in [6.07, 6.45) is -0.685. The number of rotatable bonds is 4. The van der Waals surface area contributed by atoms with E-state index in [1.54, 1.807) is 13.0 Å². The first kappa shape index (κ1) is 20.0. The Morgan fingerprint density at radius 2 is 2.00 bits per heavy atom. The number of nitro benzene ring substituents is 1. The molecule has 0 atom stereocenters. The lowest BCUT2D eigenvalue weighted by Crippen LogP contribution is -2.25. The number of hydrogen-bond donors (Lipinski definition) is 0. The fourth-order valence-corrected chi connectivity index (χ4v) is 2.84. The van der Waals surface area contributed by atoms with Gasteiger partial charge in [-0.15, -0.1) is 0 Å². The number of ether oxygens (including phenoxy) is 1. The molecular formula is C20H17FN2O6. The second-order valence-electron chi connectivity index (χ2n) is 6.64. The highest BCUT2D eigenvalue weighted by atomic mass is 19.1. The molecule has 0 spiro atoms. The first-order valence-corrected chi connectivity index (χ1v) is 8.55. The highest BCUT2D eigenvalue weighted by Gasteiger charge is 2.18. The first-order valence-electron chi connectivity index (χ1n) is 8.55. The van der Waals surface area contributed by atoms with Crippen LogP contribution in [0, 0.1) is 22.9 Å². The highest BCUT2D eigenvalue weighted by Crippen LogP contribution is 2.28. The lowest BCUT2D eigenvalue weighted by Gasteiger charge is -2.13. The number of aryl methyl sites for hydroxylation is 1. The molecule has 0 saturated heterocycles. The molecule has 1 amide bonds. The quantitative estimate of drug-likeness (QED) is 0.375. The van der Waals surface area contributed by atoms with E-state index in [9.17, 15) is 24.1 Å². The van der Waals surface area contributed by atoms with Gasteiger partial charge in [0.05, 0.1) is 4.92 Å². The SMILES string of the molecule is Cc1c(Cc2cccc([N+](=O)[O-])c2)c(=O)oc2cc(OC(=O)N(C)C)c(F)cc12. The summed E-state index contributed by atoms with van der Waals surface area (Å²) in [7, 11) is 2.90. The van der Waals surface area contributed by atoms with Crippen molar-refractivity contribution in [1.82, 2.24) is 4.90 Å². The second kappa shape index (κ2) is 7.70. The van der Waals surface area contributed by atoms with Gasteiger partial charge in [0.15, 0.2) is 11.6 Å². The number of fused-ring (bicyclic) bond motifs is 1. The molecule has 0 aliphatic heterocycles. The number of hydrogen-bond acceptors (Lipinski definition) is 6. The van der Waals surface area contributed by atoms with Crippen molar-refractivity contribution in [2.75, 3.05) is 14.1 Å². The van der Waals surface area contributed by atoms with Gasteiger partial charge in [-0.1, -0.05) is 12.1 Å². The summed E-state index contributed by atoms with van der Waals surface area (Å²) in [6.45, 7) is 1.64. The van der Waals surface area contributed by atoms with Crippen LogP contribution < -0.4 is 10.4 Å². The maximum Gasteiger partial charge on any atom is 0.414 e. The summed E-state index contributed by atoms with van der Waals surface area (Å²) in [6, 6.07) is 8.18. The molecule has 0 unspecified atom stereocenters. The molecule has 0 aliphatic rings. The standard InChI is InChI=1S/C20H17FN2O6/c1-11-14-9-16(21)18(29-20(25)22(2)3)10-17(14)28-19(24)15(11)8-12-5-4-6-13(7-12)23(26)27/h4-7,9-10H,8H2,1-3H3. The van der Waals surface area contributed by atoms with Gasteiger partial charge in [0.1, 0.15) is 5.58 Å². The Bertz CT molecular complexity index is 1190. The number of halogens is 1. The van der Waals surface area contributed by atoms with Crippen LogP contribution in [0.15, 0.2) is 45.6 Å². The zero-order valence-corrected chi connectivity index (χ0v) is 15.9. The van der Waals surface area contributed by atoms with Crippen LogP contribution in [-0.2, 0) is 6.42 Å². The van der Waals surface area contributed by atoms with Gasteiger partial charge in [0.25, 0.3) is 5.69 Å². The third-order valence-corrected chi connectivity index (χ3v) is 4.40. The maximum atomic E-state index is 14.4. The fraction of sp³-hybridized carbons (Fsp3) is 0.200. The predicted molar refractivity (Wildman–Crippen MR) is 103 cm³/mol. The zero-order chi connectivity index (χ0) is 21.3. The molecule has 1 aromatic heterocycles. The van der Waals surface area contributed by atoms with Gasteiger partial charge in [-0.05, 0) is 24.1 Å². The first-order chi connectivity index (χ1) is 13.7. The summed E-state index contributed by atoms with van der Waals surface area (Å²) in [5.41, 5.74) is 0.605. The van der Waals surface area contributed by atoms with E-state index in [4.69, 9.17) is 9.15 Å². The van der Waals surface area contributed by atoms with Crippen LogP contribution in [0.4, 0.5) is 14.9 Å². The van der Waals surface area contributed by atoms with Crippen molar-refractivity contribution in [2.45, 2.75) is 13.3 Å². The van der Waals surface area contributed by atoms with Crippen LogP contribution in [0.25, 0.3) is 11.0 Å². The van der Waals surface area contributed by atoms with Crippen molar-refractivity contribution in [1.29, 1.82) is 0 Å². The van der Waals surface area contributed by atoms with Gasteiger partial charge >= 0.3 is 11.7 Å². The molecule has 0 saturated carbocycles. The fourth-order valence-electron chi connectivity index (χ4n) is 2.84. The molecule has 0 bridgehead atoms. The summed E-state index contributed by atoms with van der Waals surface area (Å²) in [4.78, 5) is 35.7. The van der Waals surface area contributed by atoms with Crippen LogP contribution in [0.1, 0.15) is 16.7 Å². The number of non-ortho nitro benzene ring substituents is 1. The van der Waals surface area contributed by atoms with E-state index in [0.717, 1.165) is 17.0 Å². The second-order valence-corrected chi connectivity index (χ2v) is 6.64. The summed E-state index contributed by atoms with van der Waals surface area (Å²) in [5, 5.41) is 11.3. The molecule has 8 nitrogen and oxygen atoms in total. The zero-order valence-electron chi connectivity index (χ0n) is 15.9. The van der Waals surface area contributed by atoms with Gasteiger partial charge in [-0.2, -0.15) is 0 Å². The number of carbonyl (C=O) groups is 1. The number of nitro groups is 1. The van der Waals surface area contributed by atoms with Crippen molar-refractivity contribution >= 4 is 22.7 Å². The molecule has 9 heteroatoms. The highest BCUT2D eigenvalue weighted by molar-refractivity contribution is 5.83. The van der Waals surface area contributed by atoms with Gasteiger partial charge < -0.3 is 14.1 Å². The summed E-state index contributed by atoms with van der Waals surface area (Å²) >= 11 is 0. The van der Waals surface area contributed by atoms with E-state index in [2.05, 4.69) is 0 Å². The van der Waals surface area contributed by atoms with E-state index in [1.165, 1.54) is 32.3 Å². The van der Waals surface area contributed by atoms with Crippen LogP contribution in [-0.4, -0.2) is 30.0 Å². The third-order valence-electron chi connectivity index (χ3n) is 4.40. The van der Waals surface area contributed by atoms with E-state index in [1.807, 2.05) is 0 Å². The summed E-state index contributed by atoms with van der Waals surface area (Å²) < 4.78 is 24.7. The summed E-state index contributed by atoms with van der Waals surface area (Å²) in [5.74, 6) is -1.14. The number of carbonyl (C=O) groups excluding carboxylic acids is 1. The molecule has 29 heavy (non-hydrogen) atoms. The van der Waals surface area contributed by atoms with Crippen LogP contribution in [0.5, 0.6) is 5.75 Å². The van der Waals surface area contributed by atoms with E-state index < -0.39 is 22.5 Å². The minimum absolute atomic E-state index is 0.0678. The predicted octanol–water partition coefficient (Wildman–Crippen LogP) is 3.80. The van der Waals surface area contributed by atoms with Crippen LogP contribution >= 0.6 is 0 Å². The normalized spacial score (nSPS) is 10.8. The van der Waals surface area contributed by atoms with E-state index in [0.29, 0.717) is 16.5 Å². The average molecular weight is 400 g/mol. The molecule has 0 fully saturated rings. The topological polar surface area (TPSA) is 103 Å². The van der Waals surface area contributed by atoms with Crippen molar-refractivity contribution in [3.63, 3.8) is 0 Å². The number of amides is 1. The minimum atomic E-state index is -0.786. The smallest absolute Gasteiger partial charge is 0.414 e. The van der Waals surface area contributed by atoms with Gasteiger partial charge in [0.2, 0.25) is 0 Å². The monoisotopic (exact) mass is 400 g/mol. The molecule has 150 valence electrons. The Kier molecular flexibility index (Phi) is 5.31. The molecule has 1 heterocycles. The van der Waals surface area contributed by atoms with Crippen LogP contribution in [0.2, 0.25) is 0 Å². The Morgan fingerprint density at radius 3 is 2.66 bits per heavy atom. The lowest BCUT2D eigenvalue weighted by atomic mass is 9.99. The van der Waals surface area contributed by atoms with Gasteiger partial charge in [-0.25, -0.2) is 14.0 Å². The van der Waals surface area contributed by atoms with Crippen molar-refractivity contribution in [3.8, 4) is 5.75 Å². The largest absolute Gasteiger partial charge is 0.422 e. The van der Waals surface area contributed by atoms with E-state index in [-0.39, 0.29) is 29.0 Å². The molecule has 0 radical (unpaired) electrons. The molecule has 0 N–H and O–H groups in total. The van der Waals surface area contributed by atoms with Crippen molar-refractivity contribution in [3.05, 3.63) is 79.4 Å². The molecule has 3 rings (SSSR count). The lowest BCUT2D eigenvalue weighted by molar-refractivity contribution is -0.384. The Morgan fingerprint density at radius 1 is 1.28 bits per heavy atom. The van der Waals surface area contributed by atoms with Crippen molar-refractivity contribution < 1.29 is 23.3 Å². The maximum absolute atomic E-state index is 14.4. The molecular weight excluding hydrogens is 383 g/mol. The molecule has 3 aromatic rings. The van der Waals surface area contributed by atoms with E-state index >= 15 is 0 Å². The molecule has 2 aromatic carbocycles.